The summed E-state index contributed by atoms with van der Waals surface area (Å²) in [7, 11) is 0. The number of fused-ring (bicyclic) bond motifs is 1. The van der Waals surface area contributed by atoms with E-state index in [-0.39, 0.29) is 5.17 Å². The summed E-state index contributed by atoms with van der Waals surface area (Å²) >= 11 is 2.46. The Hall–Kier alpha value is -2.16. The molecule has 0 radical (unpaired) electrons. The Bertz CT molecular complexity index is 865. The maximum atomic E-state index is 13.1. The predicted molar refractivity (Wildman–Crippen MR) is 93.9 cm³/mol. The van der Waals surface area contributed by atoms with Crippen LogP contribution in [-0.2, 0) is 21.7 Å². The minimum absolute atomic E-state index is 0.0698. The number of amides is 2. The second kappa shape index (κ2) is 5.44. The van der Waals surface area contributed by atoms with Crippen LogP contribution in [0.3, 0.4) is 0 Å². The topological polar surface area (TPSA) is 96.0 Å². The fraction of sp³-hybridized carbons (Fsp3) is 0.188. The van der Waals surface area contributed by atoms with Crippen LogP contribution in [0.15, 0.2) is 46.8 Å². The molecule has 2 amide bonds. The number of benzene rings is 1. The first kappa shape index (κ1) is 15.4. The van der Waals surface area contributed by atoms with Crippen LogP contribution in [0.4, 0.5) is 5.69 Å². The van der Waals surface area contributed by atoms with E-state index in [1.54, 1.807) is 24.3 Å². The Morgan fingerprint density at radius 2 is 2.04 bits per heavy atom. The molecule has 0 bridgehead atoms. The molecule has 24 heavy (non-hydrogen) atoms. The summed E-state index contributed by atoms with van der Waals surface area (Å²) in [6, 6.07) is 10.8. The maximum absolute atomic E-state index is 13.1. The first-order valence-electron chi connectivity index (χ1n) is 7.22. The van der Waals surface area contributed by atoms with Crippen LogP contribution in [0.5, 0.6) is 0 Å². The number of thioether (sulfide) groups is 1. The number of nitrogens with zero attached hydrogens (tertiary/aromatic N) is 2. The number of anilines is 1. The van der Waals surface area contributed by atoms with E-state index in [4.69, 9.17) is 5.73 Å². The van der Waals surface area contributed by atoms with Crippen molar-refractivity contribution in [1.29, 1.82) is 0 Å². The molecule has 0 aliphatic carbocycles. The van der Waals surface area contributed by atoms with Gasteiger partial charge in [0.1, 0.15) is 5.25 Å². The number of hydrogen-bond acceptors (Lipinski definition) is 6. The van der Waals surface area contributed by atoms with Crippen molar-refractivity contribution in [2.75, 3.05) is 4.90 Å². The molecule has 2 atom stereocenters. The van der Waals surface area contributed by atoms with Crippen LogP contribution in [0.2, 0.25) is 0 Å². The number of nitrogens with two attached hydrogens (primary N) is 1. The largest absolute Gasteiger partial charge is 0.378 e. The lowest BCUT2D eigenvalue weighted by molar-refractivity contribution is -0.140. The van der Waals surface area contributed by atoms with Crippen molar-refractivity contribution in [2.24, 2.45) is 10.7 Å². The number of para-hydroxylation sites is 1. The zero-order valence-electron chi connectivity index (χ0n) is 12.4. The zero-order valence-corrected chi connectivity index (χ0v) is 14.0. The van der Waals surface area contributed by atoms with Gasteiger partial charge in [-0.05, 0) is 17.5 Å². The first-order chi connectivity index (χ1) is 11.5. The van der Waals surface area contributed by atoms with Crippen molar-refractivity contribution in [2.45, 2.75) is 17.4 Å². The Kier molecular flexibility index (Phi) is 3.48. The lowest BCUT2D eigenvalue weighted by atomic mass is 9.91. The molecule has 3 N–H and O–H groups in total. The Morgan fingerprint density at radius 1 is 1.25 bits per heavy atom. The van der Waals surface area contributed by atoms with Crippen LogP contribution < -0.4 is 10.6 Å². The Labute approximate surface area is 146 Å². The molecule has 6 nitrogen and oxygen atoms in total. The molecule has 0 saturated heterocycles. The normalized spacial score (nSPS) is 26.0. The van der Waals surface area contributed by atoms with Gasteiger partial charge in [-0.1, -0.05) is 36.0 Å². The number of aliphatic hydroxyl groups is 1. The summed E-state index contributed by atoms with van der Waals surface area (Å²) in [4.78, 5) is 31.4. The van der Waals surface area contributed by atoms with Gasteiger partial charge < -0.3 is 15.7 Å². The second-order valence-corrected chi connectivity index (χ2v) is 7.70. The van der Waals surface area contributed by atoms with Crippen LogP contribution in [-0.4, -0.2) is 27.3 Å². The molecule has 4 rings (SSSR count). The third kappa shape index (κ3) is 2.10. The molecule has 0 spiro atoms. The summed E-state index contributed by atoms with van der Waals surface area (Å²) in [5.41, 5.74) is 4.68. The number of rotatable bonds is 3. The van der Waals surface area contributed by atoms with E-state index in [2.05, 4.69) is 4.99 Å². The molecule has 1 aromatic carbocycles. The van der Waals surface area contributed by atoms with E-state index in [0.29, 0.717) is 17.8 Å². The van der Waals surface area contributed by atoms with E-state index in [9.17, 15) is 14.7 Å². The predicted octanol–water partition coefficient (Wildman–Crippen LogP) is 1.44. The highest BCUT2D eigenvalue weighted by Crippen LogP contribution is 2.47. The highest BCUT2D eigenvalue weighted by atomic mass is 32.2. The second-order valence-electron chi connectivity index (χ2n) is 5.54. The molecule has 2 aliphatic heterocycles. The lowest BCUT2D eigenvalue weighted by Crippen LogP contribution is -2.49. The number of aliphatic imine (C=N–C) groups is 1. The number of thiophene rings is 1. The fourth-order valence-corrected chi connectivity index (χ4v) is 4.69. The summed E-state index contributed by atoms with van der Waals surface area (Å²) < 4.78 is 0. The van der Waals surface area contributed by atoms with Crippen LogP contribution in [0.1, 0.15) is 10.4 Å². The monoisotopic (exact) mass is 359 g/mol. The summed E-state index contributed by atoms with van der Waals surface area (Å²) in [6.45, 7) is 0.345. The van der Waals surface area contributed by atoms with Gasteiger partial charge in [0.2, 0.25) is 0 Å². The number of carbonyl (C=O) groups excluding carboxylic acids is 2. The number of carbonyl (C=O) groups is 2. The molecule has 2 aromatic rings. The lowest BCUT2D eigenvalue weighted by Gasteiger charge is -2.26. The van der Waals surface area contributed by atoms with Gasteiger partial charge in [0.05, 0.1) is 12.2 Å². The number of hydrogen-bond donors (Lipinski definition) is 2. The summed E-state index contributed by atoms with van der Waals surface area (Å²) in [5, 5.41) is 12.2. The van der Waals surface area contributed by atoms with Crippen molar-refractivity contribution >= 4 is 45.8 Å². The first-order valence-corrected chi connectivity index (χ1v) is 8.98. The molecule has 0 fully saturated rings. The van der Waals surface area contributed by atoms with Gasteiger partial charge in [0.15, 0.2) is 10.8 Å². The van der Waals surface area contributed by atoms with E-state index < -0.39 is 22.7 Å². The van der Waals surface area contributed by atoms with Crippen molar-refractivity contribution in [3.05, 3.63) is 52.2 Å². The van der Waals surface area contributed by atoms with E-state index >= 15 is 0 Å². The van der Waals surface area contributed by atoms with E-state index in [1.807, 2.05) is 17.5 Å². The van der Waals surface area contributed by atoms with Gasteiger partial charge in [0.25, 0.3) is 11.8 Å². The van der Waals surface area contributed by atoms with Gasteiger partial charge in [-0.25, -0.2) is 0 Å². The molecular weight excluding hydrogens is 346 g/mol. The van der Waals surface area contributed by atoms with Crippen molar-refractivity contribution < 1.29 is 14.7 Å². The van der Waals surface area contributed by atoms with Gasteiger partial charge in [-0.15, -0.1) is 11.3 Å². The number of amidine groups is 1. The van der Waals surface area contributed by atoms with Crippen LogP contribution in [0.25, 0.3) is 0 Å². The quantitative estimate of drug-likeness (QED) is 0.864. The molecular formula is C16H13N3O3S2. The highest BCUT2D eigenvalue weighted by Gasteiger charge is 2.59. The standard InChI is InChI=1S/C16H13N3O3S2/c17-15-18-13(20)12(24-15)16(22)10-5-1-2-6-11(10)19(14(16)21)8-9-4-3-7-23-9/h1-7,12,22H,8H2,(H2,17,18,20). The fourth-order valence-electron chi connectivity index (χ4n) is 3.06. The van der Waals surface area contributed by atoms with Gasteiger partial charge in [-0.3, -0.25) is 9.59 Å². The van der Waals surface area contributed by atoms with Gasteiger partial charge >= 0.3 is 0 Å². The van der Waals surface area contributed by atoms with Gasteiger partial charge in [0, 0.05) is 10.4 Å². The van der Waals surface area contributed by atoms with E-state index in [0.717, 1.165) is 16.6 Å². The van der Waals surface area contributed by atoms with Crippen molar-refractivity contribution in [3.63, 3.8) is 0 Å². The molecule has 8 heteroatoms. The maximum Gasteiger partial charge on any atom is 0.265 e. The summed E-state index contributed by atoms with van der Waals surface area (Å²) in [5.74, 6) is -1.10. The molecule has 0 saturated carbocycles. The molecule has 2 unspecified atom stereocenters. The third-order valence-corrected chi connectivity index (χ3v) is 6.11. The van der Waals surface area contributed by atoms with Gasteiger partial charge in [-0.2, -0.15) is 4.99 Å². The minimum Gasteiger partial charge on any atom is -0.378 e. The average molecular weight is 359 g/mol. The molecule has 2 aliphatic rings. The van der Waals surface area contributed by atoms with Crippen LogP contribution >= 0.6 is 23.1 Å². The average Bonchev–Trinajstić information content (AvgIpc) is 3.24. The third-order valence-electron chi connectivity index (χ3n) is 4.13. The Balaban J connectivity index is 1.79. The molecule has 1 aromatic heterocycles. The zero-order chi connectivity index (χ0) is 16.9. The molecule has 3 heterocycles. The SMILES string of the molecule is NC1=NC(=O)C(C2(O)C(=O)N(Cc3cccs3)c3ccccc32)S1. The van der Waals surface area contributed by atoms with Crippen LogP contribution in [0, 0.1) is 0 Å². The highest BCUT2D eigenvalue weighted by molar-refractivity contribution is 8.15. The Morgan fingerprint density at radius 3 is 2.71 bits per heavy atom. The van der Waals surface area contributed by atoms with Crippen molar-refractivity contribution in [1.82, 2.24) is 0 Å². The molecule has 122 valence electrons. The smallest absolute Gasteiger partial charge is 0.265 e. The van der Waals surface area contributed by atoms with Crippen molar-refractivity contribution in [3.8, 4) is 0 Å². The van der Waals surface area contributed by atoms with E-state index in [1.165, 1.54) is 16.2 Å². The minimum atomic E-state index is -1.96. The summed E-state index contributed by atoms with van der Waals surface area (Å²) in [6.07, 6.45) is 0.